The van der Waals surface area contributed by atoms with Crippen molar-refractivity contribution in [3.05, 3.63) is 104 Å². The first-order chi connectivity index (χ1) is 14.9. The fourth-order valence-corrected chi connectivity index (χ4v) is 2.86. The second kappa shape index (κ2) is 9.57. The van der Waals surface area contributed by atoms with E-state index in [0.717, 1.165) is 6.07 Å². The van der Waals surface area contributed by atoms with E-state index in [1.807, 2.05) is 0 Å². The van der Waals surface area contributed by atoms with E-state index in [0.29, 0.717) is 22.4 Å². The van der Waals surface area contributed by atoms with Gasteiger partial charge in [0.25, 0.3) is 11.6 Å². The zero-order chi connectivity index (χ0) is 22.4. The van der Waals surface area contributed by atoms with Crippen molar-refractivity contribution < 1.29 is 19.2 Å². The van der Waals surface area contributed by atoms with Gasteiger partial charge in [-0.2, -0.15) is 0 Å². The summed E-state index contributed by atoms with van der Waals surface area (Å²) in [6.45, 7) is 0. The van der Waals surface area contributed by atoms with Crippen LogP contribution in [0.4, 0.5) is 11.4 Å². The van der Waals surface area contributed by atoms with Crippen LogP contribution in [0.1, 0.15) is 31.8 Å². The van der Waals surface area contributed by atoms with Crippen LogP contribution in [0.5, 0.6) is 0 Å². The minimum absolute atomic E-state index is 0.00743. The van der Waals surface area contributed by atoms with E-state index in [1.165, 1.54) is 19.2 Å². The summed E-state index contributed by atoms with van der Waals surface area (Å²) in [5, 5.41) is 13.7. The fraction of sp³-hybridized carbons (Fsp3) is 0.0435. The standard InChI is InChI=1S/C23H15ClN2O5/c1-31-23(28)17-6-2-4-15(12-17)8-9-16-5-3-7-18(13-16)25-22(27)20-14-19(26(29)30)10-11-21(20)24/h2-7,10-14H,1H3,(H,25,27). The van der Waals surface area contributed by atoms with Crippen molar-refractivity contribution in [2.45, 2.75) is 0 Å². The third-order valence-electron chi connectivity index (χ3n) is 4.16. The molecule has 0 atom stereocenters. The van der Waals surface area contributed by atoms with Gasteiger partial charge in [-0.05, 0) is 42.5 Å². The van der Waals surface area contributed by atoms with Crippen LogP contribution in [-0.2, 0) is 4.74 Å². The highest BCUT2D eigenvalue weighted by Crippen LogP contribution is 2.23. The van der Waals surface area contributed by atoms with E-state index >= 15 is 0 Å². The average Bonchev–Trinajstić information content (AvgIpc) is 2.77. The third kappa shape index (κ3) is 5.47. The Morgan fingerprint density at radius 3 is 2.35 bits per heavy atom. The van der Waals surface area contributed by atoms with Gasteiger partial charge in [-0.1, -0.05) is 35.6 Å². The van der Waals surface area contributed by atoms with Crippen LogP contribution in [0.15, 0.2) is 66.7 Å². The number of nitro groups is 1. The van der Waals surface area contributed by atoms with Gasteiger partial charge in [-0.25, -0.2) is 4.79 Å². The Balaban J connectivity index is 1.80. The number of hydrogen-bond donors (Lipinski definition) is 1. The van der Waals surface area contributed by atoms with Crippen LogP contribution in [0.25, 0.3) is 0 Å². The van der Waals surface area contributed by atoms with E-state index in [1.54, 1.807) is 48.5 Å². The molecule has 0 aromatic heterocycles. The smallest absolute Gasteiger partial charge is 0.337 e. The topological polar surface area (TPSA) is 98.5 Å². The van der Waals surface area contributed by atoms with Gasteiger partial charge in [0, 0.05) is 28.9 Å². The van der Waals surface area contributed by atoms with Gasteiger partial charge in [0.2, 0.25) is 0 Å². The minimum Gasteiger partial charge on any atom is -0.465 e. The lowest BCUT2D eigenvalue weighted by Crippen LogP contribution is -2.13. The highest BCUT2D eigenvalue weighted by Gasteiger charge is 2.16. The van der Waals surface area contributed by atoms with E-state index in [2.05, 4.69) is 17.2 Å². The number of esters is 1. The third-order valence-corrected chi connectivity index (χ3v) is 4.49. The summed E-state index contributed by atoms with van der Waals surface area (Å²) in [6, 6.07) is 17.1. The molecule has 8 heteroatoms. The number of nitro benzene ring substituents is 1. The molecule has 0 radical (unpaired) electrons. The lowest BCUT2D eigenvalue weighted by Gasteiger charge is -2.07. The summed E-state index contributed by atoms with van der Waals surface area (Å²) in [7, 11) is 1.31. The van der Waals surface area contributed by atoms with Crippen LogP contribution in [0, 0.1) is 22.0 Å². The molecule has 0 fully saturated rings. The van der Waals surface area contributed by atoms with Gasteiger partial charge < -0.3 is 10.1 Å². The van der Waals surface area contributed by atoms with Crippen molar-refractivity contribution in [2.75, 3.05) is 12.4 Å². The summed E-state index contributed by atoms with van der Waals surface area (Å²) < 4.78 is 4.70. The summed E-state index contributed by atoms with van der Waals surface area (Å²) in [5.41, 5.74) is 1.84. The van der Waals surface area contributed by atoms with Crippen molar-refractivity contribution in [2.24, 2.45) is 0 Å². The van der Waals surface area contributed by atoms with Crippen LogP contribution in [0.3, 0.4) is 0 Å². The average molecular weight is 435 g/mol. The van der Waals surface area contributed by atoms with Gasteiger partial charge in [0.1, 0.15) is 0 Å². The van der Waals surface area contributed by atoms with Gasteiger partial charge in [0.05, 0.1) is 28.2 Å². The Labute approximate surface area is 182 Å². The lowest BCUT2D eigenvalue weighted by molar-refractivity contribution is -0.384. The first-order valence-corrected chi connectivity index (χ1v) is 9.31. The summed E-state index contributed by atoms with van der Waals surface area (Å²) in [4.78, 5) is 34.5. The van der Waals surface area contributed by atoms with E-state index in [9.17, 15) is 19.7 Å². The Morgan fingerprint density at radius 1 is 1.00 bits per heavy atom. The Hall–Kier alpha value is -4.15. The molecule has 0 bridgehead atoms. The number of carbonyl (C=O) groups is 2. The molecule has 0 aliphatic heterocycles. The molecule has 0 saturated carbocycles. The Bertz CT molecular complexity index is 1240. The molecule has 0 spiro atoms. The Morgan fingerprint density at radius 2 is 1.68 bits per heavy atom. The number of anilines is 1. The zero-order valence-corrected chi connectivity index (χ0v) is 17.0. The molecule has 1 N–H and O–H groups in total. The van der Waals surface area contributed by atoms with E-state index in [-0.39, 0.29) is 16.3 Å². The second-order valence-electron chi connectivity index (χ2n) is 6.28. The van der Waals surface area contributed by atoms with E-state index < -0.39 is 16.8 Å². The van der Waals surface area contributed by atoms with Crippen LogP contribution >= 0.6 is 11.6 Å². The molecular weight excluding hydrogens is 420 g/mol. The lowest BCUT2D eigenvalue weighted by atomic mass is 10.1. The highest BCUT2D eigenvalue weighted by atomic mass is 35.5. The zero-order valence-electron chi connectivity index (χ0n) is 16.2. The largest absolute Gasteiger partial charge is 0.465 e. The van der Waals surface area contributed by atoms with Crippen LogP contribution in [0.2, 0.25) is 5.02 Å². The maximum atomic E-state index is 12.5. The van der Waals surface area contributed by atoms with Crippen molar-refractivity contribution in [3.63, 3.8) is 0 Å². The van der Waals surface area contributed by atoms with Gasteiger partial charge in [-0.15, -0.1) is 0 Å². The van der Waals surface area contributed by atoms with Crippen molar-refractivity contribution in [1.82, 2.24) is 0 Å². The normalized spacial score (nSPS) is 9.87. The first-order valence-electron chi connectivity index (χ1n) is 8.93. The molecular formula is C23H15ClN2O5. The summed E-state index contributed by atoms with van der Waals surface area (Å²) in [6.07, 6.45) is 0. The monoisotopic (exact) mass is 434 g/mol. The molecule has 3 rings (SSSR count). The van der Waals surface area contributed by atoms with Crippen molar-refractivity contribution >= 4 is 34.9 Å². The predicted octanol–water partition coefficient (Wildman–Crippen LogP) is 4.69. The molecule has 7 nitrogen and oxygen atoms in total. The highest BCUT2D eigenvalue weighted by molar-refractivity contribution is 6.34. The maximum absolute atomic E-state index is 12.5. The van der Waals surface area contributed by atoms with Crippen LogP contribution in [-0.4, -0.2) is 23.9 Å². The number of amides is 1. The number of non-ortho nitro benzene ring substituents is 1. The molecule has 0 unspecified atom stereocenters. The number of carbonyl (C=O) groups excluding carboxylic acids is 2. The predicted molar refractivity (Wildman–Crippen MR) is 116 cm³/mol. The maximum Gasteiger partial charge on any atom is 0.337 e. The van der Waals surface area contributed by atoms with Crippen molar-refractivity contribution in [3.8, 4) is 11.8 Å². The molecule has 1 amide bonds. The molecule has 0 aliphatic rings. The molecule has 31 heavy (non-hydrogen) atoms. The van der Waals surface area contributed by atoms with Crippen LogP contribution < -0.4 is 5.32 Å². The molecule has 0 heterocycles. The number of nitrogens with one attached hydrogen (secondary N) is 1. The molecule has 0 aliphatic carbocycles. The quantitative estimate of drug-likeness (QED) is 0.278. The molecule has 3 aromatic rings. The molecule has 0 saturated heterocycles. The summed E-state index contributed by atoms with van der Waals surface area (Å²) >= 11 is 6.02. The number of rotatable bonds is 4. The van der Waals surface area contributed by atoms with Gasteiger partial charge in [0.15, 0.2) is 0 Å². The number of nitrogens with zero attached hydrogens (tertiary/aromatic N) is 1. The molecule has 154 valence electrons. The van der Waals surface area contributed by atoms with Gasteiger partial charge >= 0.3 is 5.97 Å². The number of halogens is 1. The second-order valence-corrected chi connectivity index (χ2v) is 6.69. The first kappa shape index (κ1) is 21.6. The van der Waals surface area contributed by atoms with E-state index in [4.69, 9.17) is 16.3 Å². The Kier molecular flexibility index (Phi) is 6.65. The van der Waals surface area contributed by atoms with Crippen molar-refractivity contribution in [1.29, 1.82) is 0 Å². The SMILES string of the molecule is COC(=O)c1cccc(C#Cc2cccc(NC(=O)c3cc([N+](=O)[O-])ccc3Cl)c2)c1. The molecule has 3 aromatic carbocycles. The number of hydrogen-bond acceptors (Lipinski definition) is 5. The number of ether oxygens (including phenoxy) is 1. The number of methoxy groups -OCH3 is 1. The number of benzene rings is 3. The fourth-order valence-electron chi connectivity index (χ4n) is 2.66. The summed E-state index contributed by atoms with van der Waals surface area (Å²) in [5.74, 6) is 4.89. The van der Waals surface area contributed by atoms with Gasteiger partial charge in [-0.3, -0.25) is 14.9 Å². The minimum atomic E-state index is -0.599.